The molecular weight excluding hydrogens is 272 g/mol. The summed E-state index contributed by atoms with van der Waals surface area (Å²) in [5, 5.41) is 13.0. The largest absolute Gasteiger partial charge is 0.396 e. The molecule has 0 heterocycles. The second-order valence-electron chi connectivity index (χ2n) is 7.34. The maximum atomic E-state index is 11.9. The van der Waals surface area contributed by atoms with E-state index in [1.165, 1.54) is 0 Å². The molecule has 0 amide bonds. The quantitative estimate of drug-likeness (QED) is 0.357. The van der Waals surface area contributed by atoms with Crippen molar-refractivity contribution in [2.75, 3.05) is 13.2 Å². The molecule has 0 fully saturated rings. The summed E-state index contributed by atoms with van der Waals surface area (Å²) in [5.41, 5.74) is -0.248. The zero-order chi connectivity index (χ0) is 16.4. The molecule has 0 aliphatic heterocycles. The first-order valence-electron chi connectivity index (χ1n) is 7.80. The maximum Gasteiger partial charge on any atom is 0.351 e. The molecule has 0 spiro atoms. The van der Waals surface area contributed by atoms with E-state index in [9.17, 15) is 4.79 Å². The summed E-state index contributed by atoms with van der Waals surface area (Å²) < 4.78 is 0. The number of aliphatic hydroxyl groups excluding tert-OH is 1. The fraction of sp³-hybridized carbons (Fsp3) is 0.938. The van der Waals surface area contributed by atoms with Gasteiger partial charge in [-0.1, -0.05) is 33.6 Å². The molecule has 5 nitrogen and oxygen atoms in total. The predicted octanol–water partition coefficient (Wildman–Crippen LogP) is 3.80. The first-order chi connectivity index (χ1) is 9.69. The Labute approximate surface area is 128 Å². The van der Waals surface area contributed by atoms with Crippen molar-refractivity contribution in [3.8, 4) is 0 Å². The van der Waals surface area contributed by atoms with Gasteiger partial charge < -0.3 is 5.11 Å². The lowest BCUT2D eigenvalue weighted by Gasteiger charge is -2.22. The third-order valence-electron chi connectivity index (χ3n) is 3.32. The minimum absolute atomic E-state index is 0.116. The molecule has 0 aliphatic rings. The van der Waals surface area contributed by atoms with Gasteiger partial charge in [0.05, 0.1) is 12.0 Å². The van der Waals surface area contributed by atoms with Crippen molar-refractivity contribution in [1.82, 2.24) is 0 Å². The van der Waals surface area contributed by atoms with Gasteiger partial charge in [0.1, 0.15) is 0 Å². The van der Waals surface area contributed by atoms with Gasteiger partial charge in [-0.05, 0) is 50.0 Å². The zero-order valence-electron chi connectivity index (χ0n) is 14.2. The van der Waals surface area contributed by atoms with Gasteiger partial charge in [0.15, 0.2) is 0 Å². The summed E-state index contributed by atoms with van der Waals surface area (Å²) in [6.45, 7) is 10.8. The average molecular weight is 304 g/mol. The Hall–Kier alpha value is -0.650. The molecule has 0 aromatic heterocycles. The third kappa shape index (κ3) is 11.7. The van der Waals surface area contributed by atoms with Crippen LogP contribution in [0.4, 0.5) is 0 Å². The number of hydrogen-bond donors (Lipinski definition) is 1. The SMILES string of the molecule is CC(C)(C)CCCCC(C)(C)C(=O)OOOCCCCO. The Kier molecular flexibility index (Phi) is 9.83. The predicted molar refractivity (Wildman–Crippen MR) is 81.2 cm³/mol. The molecular formula is C16H32O5. The number of carbonyl (C=O) groups is 1. The minimum Gasteiger partial charge on any atom is -0.396 e. The lowest BCUT2D eigenvalue weighted by Crippen LogP contribution is -2.27. The van der Waals surface area contributed by atoms with Gasteiger partial charge in [-0.3, -0.25) is 4.89 Å². The molecule has 1 N–H and O–H groups in total. The first-order valence-corrected chi connectivity index (χ1v) is 7.80. The van der Waals surface area contributed by atoms with Crippen LogP contribution in [0.25, 0.3) is 0 Å². The molecule has 0 atom stereocenters. The Bertz CT molecular complexity index is 281. The molecule has 0 unspecified atom stereocenters. The van der Waals surface area contributed by atoms with Crippen molar-refractivity contribution in [1.29, 1.82) is 0 Å². The van der Waals surface area contributed by atoms with E-state index in [-0.39, 0.29) is 6.61 Å². The van der Waals surface area contributed by atoms with Gasteiger partial charge >= 0.3 is 5.97 Å². The van der Waals surface area contributed by atoms with Crippen molar-refractivity contribution in [3.05, 3.63) is 0 Å². The van der Waals surface area contributed by atoms with Gasteiger partial charge in [0.25, 0.3) is 0 Å². The molecule has 5 heteroatoms. The molecule has 0 saturated carbocycles. The van der Waals surface area contributed by atoms with Gasteiger partial charge in [0, 0.05) is 6.61 Å². The van der Waals surface area contributed by atoms with E-state index in [1.54, 1.807) is 0 Å². The van der Waals surface area contributed by atoms with Crippen molar-refractivity contribution < 1.29 is 24.7 Å². The summed E-state index contributed by atoms with van der Waals surface area (Å²) in [4.78, 5) is 21.3. The van der Waals surface area contributed by atoms with Gasteiger partial charge in [0.2, 0.25) is 0 Å². The minimum atomic E-state index is -0.577. The molecule has 0 saturated heterocycles. The Morgan fingerprint density at radius 2 is 1.57 bits per heavy atom. The number of hydrogen-bond acceptors (Lipinski definition) is 5. The van der Waals surface area contributed by atoms with Crippen LogP contribution in [0.1, 0.15) is 73.1 Å². The van der Waals surface area contributed by atoms with Crippen molar-refractivity contribution in [3.63, 3.8) is 0 Å². The third-order valence-corrected chi connectivity index (χ3v) is 3.32. The van der Waals surface area contributed by atoms with Crippen molar-refractivity contribution in [2.45, 2.75) is 73.1 Å². The van der Waals surface area contributed by atoms with E-state index in [0.717, 1.165) is 25.7 Å². The lowest BCUT2D eigenvalue weighted by atomic mass is 9.84. The van der Waals surface area contributed by atoms with Crippen LogP contribution in [-0.2, 0) is 19.6 Å². The van der Waals surface area contributed by atoms with Crippen LogP contribution in [0.15, 0.2) is 0 Å². The topological polar surface area (TPSA) is 65.0 Å². The van der Waals surface area contributed by atoms with Crippen molar-refractivity contribution in [2.24, 2.45) is 10.8 Å². The standard InChI is InChI=1S/C16H32O5/c1-15(2,3)10-6-7-11-16(4,5)14(18)20-21-19-13-9-8-12-17/h17H,6-13H2,1-5H3. The average Bonchev–Trinajstić information content (AvgIpc) is 2.37. The molecule has 0 aliphatic carbocycles. The molecule has 126 valence electrons. The van der Waals surface area contributed by atoms with Crippen LogP contribution in [0.5, 0.6) is 0 Å². The Morgan fingerprint density at radius 3 is 2.14 bits per heavy atom. The Balaban J connectivity index is 3.78. The molecule has 0 bridgehead atoms. The molecule has 0 radical (unpaired) electrons. The smallest absolute Gasteiger partial charge is 0.351 e. The monoisotopic (exact) mass is 304 g/mol. The van der Waals surface area contributed by atoms with Crippen LogP contribution in [0.3, 0.4) is 0 Å². The number of aliphatic hydroxyl groups is 1. The summed E-state index contributed by atoms with van der Waals surface area (Å²) in [5.74, 6) is -0.416. The molecule has 0 aromatic carbocycles. The van der Waals surface area contributed by atoms with E-state index in [0.29, 0.717) is 24.9 Å². The van der Waals surface area contributed by atoms with E-state index >= 15 is 0 Å². The first kappa shape index (κ1) is 20.3. The number of carbonyl (C=O) groups excluding carboxylic acids is 1. The highest BCUT2D eigenvalue weighted by Gasteiger charge is 2.30. The summed E-state index contributed by atoms with van der Waals surface area (Å²) in [7, 11) is 0. The van der Waals surface area contributed by atoms with Crippen molar-refractivity contribution >= 4 is 5.97 Å². The van der Waals surface area contributed by atoms with Crippen LogP contribution >= 0.6 is 0 Å². The van der Waals surface area contributed by atoms with Gasteiger partial charge in [-0.25, -0.2) is 4.79 Å². The summed E-state index contributed by atoms with van der Waals surface area (Å²) in [6, 6.07) is 0. The highest BCUT2D eigenvalue weighted by molar-refractivity contribution is 5.75. The fourth-order valence-corrected chi connectivity index (χ4v) is 1.80. The van der Waals surface area contributed by atoms with Gasteiger partial charge in [-0.2, -0.15) is 4.89 Å². The second-order valence-corrected chi connectivity index (χ2v) is 7.34. The molecule has 21 heavy (non-hydrogen) atoms. The normalized spacial score (nSPS) is 12.5. The number of unbranched alkanes of at least 4 members (excludes halogenated alkanes) is 2. The summed E-state index contributed by atoms with van der Waals surface area (Å²) in [6.07, 6.45) is 5.27. The lowest BCUT2D eigenvalue weighted by molar-refractivity contribution is -0.488. The van der Waals surface area contributed by atoms with Crippen LogP contribution in [0.2, 0.25) is 0 Å². The van der Waals surface area contributed by atoms with Crippen LogP contribution in [-0.4, -0.2) is 24.3 Å². The number of rotatable bonds is 11. The highest BCUT2D eigenvalue weighted by Crippen LogP contribution is 2.28. The maximum absolute atomic E-state index is 11.9. The van der Waals surface area contributed by atoms with E-state index in [4.69, 9.17) is 9.99 Å². The van der Waals surface area contributed by atoms with E-state index in [2.05, 4.69) is 30.7 Å². The van der Waals surface area contributed by atoms with Gasteiger partial charge in [-0.15, -0.1) is 0 Å². The zero-order valence-corrected chi connectivity index (χ0v) is 14.2. The summed E-state index contributed by atoms with van der Waals surface area (Å²) >= 11 is 0. The van der Waals surface area contributed by atoms with Crippen LogP contribution < -0.4 is 0 Å². The Morgan fingerprint density at radius 1 is 0.952 bits per heavy atom. The van der Waals surface area contributed by atoms with E-state index in [1.807, 2.05) is 13.8 Å². The van der Waals surface area contributed by atoms with E-state index < -0.39 is 11.4 Å². The molecule has 0 aromatic rings. The highest BCUT2D eigenvalue weighted by atomic mass is 17.5. The van der Waals surface area contributed by atoms with Crippen LogP contribution in [0, 0.1) is 10.8 Å². The fourth-order valence-electron chi connectivity index (χ4n) is 1.80. The molecule has 0 rings (SSSR count). The second kappa shape index (κ2) is 10.1.